The van der Waals surface area contributed by atoms with E-state index >= 15 is 0 Å². The topological polar surface area (TPSA) is 100 Å². The van der Waals surface area contributed by atoms with Crippen LogP contribution in [0.4, 0.5) is 10.5 Å². The van der Waals surface area contributed by atoms with Gasteiger partial charge < -0.3 is 25.0 Å². The first-order chi connectivity index (χ1) is 13.1. The lowest BCUT2D eigenvalue weighted by molar-refractivity contribution is -0.126. The predicted molar refractivity (Wildman–Crippen MR) is 95.9 cm³/mol. The minimum absolute atomic E-state index is 0.0662. The molecular weight excluding hydrogens is 352 g/mol. The van der Waals surface area contributed by atoms with Crippen LogP contribution in [0.15, 0.2) is 18.2 Å². The highest BCUT2D eigenvalue weighted by Crippen LogP contribution is 2.34. The first kappa shape index (κ1) is 17.4. The molecule has 0 aromatic heterocycles. The monoisotopic (exact) mass is 374 g/mol. The highest BCUT2D eigenvalue weighted by Gasteiger charge is 2.31. The van der Waals surface area contributed by atoms with E-state index in [4.69, 9.17) is 9.47 Å². The third kappa shape index (κ3) is 4.07. The first-order valence-corrected chi connectivity index (χ1v) is 9.12. The lowest BCUT2D eigenvalue weighted by Gasteiger charge is -2.22. The SMILES string of the molecule is O=C(CN1CCN(c2ccc3c(c2)OCCO3)C1=O)NCC(=O)NC1CC1. The number of amides is 4. The summed E-state index contributed by atoms with van der Waals surface area (Å²) in [6.45, 7) is 1.77. The van der Waals surface area contributed by atoms with Crippen molar-refractivity contribution in [2.24, 2.45) is 0 Å². The molecule has 3 aliphatic rings. The van der Waals surface area contributed by atoms with Crippen molar-refractivity contribution in [3.8, 4) is 11.5 Å². The van der Waals surface area contributed by atoms with E-state index in [2.05, 4.69) is 10.6 Å². The van der Waals surface area contributed by atoms with Crippen LogP contribution in [0.5, 0.6) is 11.5 Å². The van der Waals surface area contributed by atoms with Crippen LogP contribution in [-0.4, -0.2) is 68.2 Å². The van der Waals surface area contributed by atoms with Crippen molar-refractivity contribution >= 4 is 23.5 Å². The molecule has 144 valence electrons. The van der Waals surface area contributed by atoms with Crippen molar-refractivity contribution in [3.63, 3.8) is 0 Å². The highest BCUT2D eigenvalue weighted by molar-refractivity contribution is 5.97. The van der Waals surface area contributed by atoms with Crippen molar-refractivity contribution in [1.82, 2.24) is 15.5 Å². The Morgan fingerprint density at radius 1 is 1.07 bits per heavy atom. The Labute approximate surface area is 156 Å². The van der Waals surface area contributed by atoms with Crippen molar-refractivity contribution in [3.05, 3.63) is 18.2 Å². The molecule has 2 fully saturated rings. The van der Waals surface area contributed by atoms with Crippen LogP contribution in [0.1, 0.15) is 12.8 Å². The molecule has 27 heavy (non-hydrogen) atoms. The lowest BCUT2D eigenvalue weighted by atomic mass is 10.2. The Hall–Kier alpha value is -2.97. The number of carbonyl (C=O) groups is 3. The van der Waals surface area contributed by atoms with Gasteiger partial charge in [0.1, 0.15) is 19.8 Å². The standard InChI is InChI=1S/C18H22N4O5/c23-16(20-12-1-2-12)10-19-17(24)11-21-5-6-22(18(21)25)13-3-4-14-15(9-13)27-8-7-26-14/h3-4,9,12H,1-2,5-8,10-11H2,(H,19,24)(H,20,23). The number of rotatable bonds is 6. The smallest absolute Gasteiger partial charge is 0.325 e. The summed E-state index contributed by atoms with van der Waals surface area (Å²) in [5.74, 6) is 0.733. The molecular formula is C18H22N4O5. The fourth-order valence-corrected chi connectivity index (χ4v) is 3.08. The molecule has 0 spiro atoms. The van der Waals surface area contributed by atoms with Gasteiger partial charge in [0.25, 0.3) is 0 Å². The van der Waals surface area contributed by atoms with Gasteiger partial charge in [-0.05, 0) is 25.0 Å². The van der Waals surface area contributed by atoms with Gasteiger partial charge in [-0.25, -0.2) is 4.79 Å². The van der Waals surface area contributed by atoms with E-state index in [1.54, 1.807) is 23.1 Å². The maximum Gasteiger partial charge on any atom is 0.325 e. The number of fused-ring (bicyclic) bond motifs is 1. The van der Waals surface area contributed by atoms with Crippen molar-refractivity contribution in [2.45, 2.75) is 18.9 Å². The summed E-state index contributed by atoms with van der Waals surface area (Å²) in [7, 11) is 0. The molecule has 9 heteroatoms. The van der Waals surface area contributed by atoms with Gasteiger partial charge >= 0.3 is 6.03 Å². The van der Waals surface area contributed by atoms with E-state index in [0.717, 1.165) is 12.8 Å². The predicted octanol–water partition coefficient (Wildman–Crippen LogP) is 0.0946. The molecule has 9 nitrogen and oxygen atoms in total. The Morgan fingerprint density at radius 3 is 2.63 bits per heavy atom. The first-order valence-electron chi connectivity index (χ1n) is 9.12. The molecule has 1 aromatic carbocycles. The van der Waals surface area contributed by atoms with Gasteiger partial charge in [0.2, 0.25) is 11.8 Å². The summed E-state index contributed by atoms with van der Waals surface area (Å²) in [5, 5.41) is 5.36. The Bertz CT molecular complexity index is 764. The molecule has 4 amide bonds. The average molecular weight is 374 g/mol. The lowest BCUT2D eigenvalue weighted by Crippen LogP contribution is -2.43. The van der Waals surface area contributed by atoms with E-state index < -0.39 is 0 Å². The van der Waals surface area contributed by atoms with Crippen LogP contribution in [0.3, 0.4) is 0 Å². The third-order valence-corrected chi connectivity index (χ3v) is 4.66. The number of nitrogens with one attached hydrogen (secondary N) is 2. The molecule has 0 unspecified atom stereocenters. The number of benzene rings is 1. The molecule has 2 heterocycles. The number of carbonyl (C=O) groups excluding carboxylic acids is 3. The fraction of sp³-hybridized carbons (Fsp3) is 0.500. The zero-order valence-electron chi connectivity index (χ0n) is 14.9. The van der Waals surface area contributed by atoms with Gasteiger partial charge in [-0.1, -0.05) is 0 Å². The maximum absolute atomic E-state index is 12.6. The quantitative estimate of drug-likeness (QED) is 0.735. The number of ether oxygens (including phenoxy) is 2. The minimum Gasteiger partial charge on any atom is -0.486 e. The number of hydrogen-bond donors (Lipinski definition) is 2. The van der Waals surface area contributed by atoms with Crippen molar-refractivity contribution < 1.29 is 23.9 Å². The zero-order chi connectivity index (χ0) is 18.8. The van der Waals surface area contributed by atoms with Crippen molar-refractivity contribution in [2.75, 3.05) is 44.3 Å². The van der Waals surface area contributed by atoms with Gasteiger partial charge in [-0.15, -0.1) is 0 Å². The molecule has 0 atom stereocenters. The van der Waals surface area contributed by atoms with Gasteiger partial charge in [0.05, 0.1) is 6.54 Å². The summed E-state index contributed by atoms with van der Waals surface area (Å²) in [6, 6.07) is 5.37. The van der Waals surface area contributed by atoms with Gasteiger partial charge in [-0.2, -0.15) is 0 Å². The molecule has 1 saturated heterocycles. The summed E-state index contributed by atoms with van der Waals surface area (Å²) in [6.07, 6.45) is 2.00. The van der Waals surface area contributed by atoms with E-state index in [0.29, 0.717) is 43.5 Å². The molecule has 0 bridgehead atoms. The van der Waals surface area contributed by atoms with Crippen molar-refractivity contribution in [1.29, 1.82) is 0 Å². The number of nitrogens with zero attached hydrogens (tertiary/aromatic N) is 2. The van der Waals surface area contributed by atoms with Crippen LogP contribution < -0.4 is 25.0 Å². The second kappa shape index (κ2) is 7.34. The average Bonchev–Trinajstić information content (AvgIpc) is 3.42. The Kier molecular flexibility index (Phi) is 4.74. The van der Waals surface area contributed by atoms with E-state index in [1.165, 1.54) is 4.90 Å². The summed E-state index contributed by atoms with van der Waals surface area (Å²) < 4.78 is 11.0. The highest BCUT2D eigenvalue weighted by atomic mass is 16.6. The van der Waals surface area contributed by atoms with Crippen LogP contribution in [-0.2, 0) is 9.59 Å². The van der Waals surface area contributed by atoms with Gasteiger partial charge in [0.15, 0.2) is 11.5 Å². The molecule has 0 radical (unpaired) electrons. The van der Waals surface area contributed by atoms with Gasteiger partial charge in [0, 0.05) is 30.9 Å². The van der Waals surface area contributed by atoms with Crippen LogP contribution in [0.25, 0.3) is 0 Å². The number of hydrogen-bond acceptors (Lipinski definition) is 5. The molecule has 2 N–H and O–H groups in total. The van der Waals surface area contributed by atoms with Crippen LogP contribution >= 0.6 is 0 Å². The maximum atomic E-state index is 12.6. The molecule has 4 rings (SSSR count). The van der Waals surface area contributed by atoms with Crippen LogP contribution in [0.2, 0.25) is 0 Å². The normalized spacial score (nSPS) is 18.4. The Balaban J connectivity index is 1.30. The van der Waals surface area contributed by atoms with E-state index in [1.807, 2.05) is 0 Å². The molecule has 1 aliphatic carbocycles. The number of urea groups is 1. The Morgan fingerprint density at radius 2 is 1.85 bits per heavy atom. The third-order valence-electron chi connectivity index (χ3n) is 4.66. The second-order valence-corrected chi connectivity index (χ2v) is 6.80. The summed E-state index contributed by atoms with van der Waals surface area (Å²) in [4.78, 5) is 39.4. The fourth-order valence-electron chi connectivity index (χ4n) is 3.08. The minimum atomic E-state index is -0.349. The molecule has 2 aliphatic heterocycles. The van der Waals surface area contributed by atoms with Gasteiger partial charge in [-0.3, -0.25) is 14.5 Å². The largest absolute Gasteiger partial charge is 0.486 e. The van der Waals surface area contributed by atoms with Crippen LogP contribution in [0, 0.1) is 0 Å². The summed E-state index contributed by atoms with van der Waals surface area (Å²) >= 11 is 0. The second-order valence-electron chi connectivity index (χ2n) is 6.80. The summed E-state index contributed by atoms with van der Waals surface area (Å²) in [5.41, 5.74) is 0.705. The molecule has 1 aromatic rings. The zero-order valence-corrected chi connectivity index (χ0v) is 14.9. The molecule has 1 saturated carbocycles. The number of anilines is 1. The van der Waals surface area contributed by atoms with E-state index in [9.17, 15) is 14.4 Å². The van der Waals surface area contributed by atoms with E-state index in [-0.39, 0.29) is 37.0 Å².